The Hall–Kier alpha value is -3.31. The Morgan fingerprint density at radius 3 is 2.43 bits per heavy atom. The molecule has 1 saturated heterocycles. The number of ether oxygens (including phenoxy) is 2. The molecular formula is C35H50N6O4S. The number of nitrogens with zero attached hydrogens (tertiary/aromatic N) is 4. The van der Waals surface area contributed by atoms with E-state index in [0.29, 0.717) is 40.8 Å². The Labute approximate surface area is 277 Å². The lowest BCUT2D eigenvalue weighted by Crippen LogP contribution is -2.35. The smallest absolute Gasteiger partial charge is 0.223 e. The van der Waals surface area contributed by atoms with Gasteiger partial charge in [-0.15, -0.1) is 0 Å². The number of anilines is 1. The number of fused-ring (bicyclic) bond motifs is 3. The number of rotatable bonds is 6. The fraction of sp³-hybridized carbons (Fsp3) is 0.629. The molecule has 7 rings (SSSR count). The molecule has 3 aromatic heterocycles. The number of Topliss-reactive ketones (excluding diaryl/α,β-unsaturated/α-hetero) is 1. The van der Waals surface area contributed by atoms with Crippen LogP contribution in [-0.2, 0) is 16.2 Å². The first-order valence-corrected chi connectivity index (χ1v) is 17.9. The highest BCUT2D eigenvalue weighted by atomic mass is 32.1. The first kappa shape index (κ1) is 34.0. The summed E-state index contributed by atoms with van der Waals surface area (Å²) in [5.41, 5.74) is 3.04. The lowest BCUT2D eigenvalue weighted by Gasteiger charge is -2.33. The molecule has 0 atom stereocenters. The molecule has 2 saturated carbocycles. The zero-order valence-electron chi connectivity index (χ0n) is 27.9. The normalized spacial score (nSPS) is 21.0. The Bertz CT molecular complexity index is 1420. The number of thiazole rings is 1. The van der Waals surface area contributed by atoms with Gasteiger partial charge in [0.15, 0.2) is 10.9 Å². The molecule has 0 bridgehead atoms. The summed E-state index contributed by atoms with van der Waals surface area (Å²) in [6.45, 7) is 8.93. The number of hydrogen-bond acceptors (Lipinski definition) is 9. The van der Waals surface area contributed by atoms with Crippen LogP contribution in [0.1, 0.15) is 104 Å². The van der Waals surface area contributed by atoms with Gasteiger partial charge in [-0.3, -0.25) is 14.7 Å². The van der Waals surface area contributed by atoms with Crippen molar-refractivity contribution >= 4 is 28.2 Å². The lowest BCUT2D eigenvalue weighted by molar-refractivity contribution is -0.123. The van der Waals surface area contributed by atoms with Crippen LogP contribution in [0.4, 0.5) is 5.13 Å². The van der Waals surface area contributed by atoms with Crippen LogP contribution < -0.4 is 14.8 Å². The highest BCUT2D eigenvalue weighted by Gasteiger charge is 2.28. The largest absolute Gasteiger partial charge is 0.483 e. The van der Waals surface area contributed by atoms with Crippen molar-refractivity contribution in [2.45, 2.75) is 110 Å². The molecule has 0 spiro atoms. The van der Waals surface area contributed by atoms with Gasteiger partial charge in [0.25, 0.3) is 0 Å². The molecule has 3 aromatic rings. The van der Waals surface area contributed by atoms with E-state index < -0.39 is 0 Å². The molecule has 11 heteroatoms. The number of pyridine rings is 1. The van der Waals surface area contributed by atoms with Gasteiger partial charge in [0, 0.05) is 43.1 Å². The third-order valence-corrected chi connectivity index (χ3v) is 10.6. The Morgan fingerprint density at radius 1 is 1.07 bits per heavy atom. The van der Waals surface area contributed by atoms with Crippen LogP contribution in [0.3, 0.4) is 0 Å². The third-order valence-electron chi connectivity index (χ3n) is 9.55. The Balaban J connectivity index is 0.000000157. The van der Waals surface area contributed by atoms with Gasteiger partial charge in [0.05, 0.1) is 12.0 Å². The van der Waals surface area contributed by atoms with Crippen molar-refractivity contribution in [3.05, 3.63) is 24.0 Å². The number of carbonyl (C=O) groups excluding carboxylic acids is 2. The van der Waals surface area contributed by atoms with Crippen LogP contribution in [0, 0.1) is 11.8 Å². The zero-order valence-corrected chi connectivity index (χ0v) is 28.7. The second kappa shape index (κ2) is 16.5. The van der Waals surface area contributed by atoms with E-state index in [9.17, 15) is 9.59 Å². The highest BCUT2D eigenvalue weighted by Crippen LogP contribution is 2.45. The monoisotopic (exact) mass is 650 g/mol. The summed E-state index contributed by atoms with van der Waals surface area (Å²) in [6, 6.07) is 4.60. The summed E-state index contributed by atoms with van der Waals surface area (Å²) < 4.78 is 10.9. The van der Waals surface area contributed by atoms with E-state index in [1.807, 2.05) is 13.0 Å². The maximum Gasteiger partial charge on any atom is 0.223 e. The molecule has 1 amide bonds. The number of hydrogen-bond donors (Lipinski definition) is 2. The zero-order chi connectivity index (χ0) is 32.5. The van der Waals surface area contributed by atoms with Crippen LogP contribution in [0.25, 0.3) is 21.8 Å². The number of methoxy groups -OCH3 is 1. The number of nitrogens with one attached hydrogen (secondary N) is 2. The van der Waals surface area contributed by atoms with E-state index in [1.165, 1.54) is 89.1 Å². The quantitative estimate of drug-likeness (QED) is 0.279. The lowest BCUT2D eigenvalue weighted by atomic mass is 9.85. The van der Waals surface area contributed by atoms with Crippen molar-refractivity contribution in [3.8, 4) is 33.5 Å². The van der Waals surface area contributed by atoms with Crippen molar-refractivity contribution in [2.24, 2.45) is 11.8 Å². The standard InChI is InChI=1S/C15H13N5O3S.C11H21N.C9H16O/c1-7(21)17-15-18-9-6-23-13-11(19-20-12(13)14(9)24-15)8-3-4-10(22-2)16-5-8;1-10-4-6-11(7-5-10)12-8-2-3-9-12;1-2-9(10)8-6-4-3-5-7-8/h3-5H,6H2,1-2H3,(H,19,20)(H,17,18,21);10-11H,2-9H2,1H3;8H,2-7H2,1H3. The number of likely N-dealkylation sites (tertiary alicyclic amines) is 1. The van der Waals surface area contributed by atoms with E-state index in [2.05, 4.69) is 37.3 Å². The number of carbonyl (C=O) groups is 2. The second-order valence-electron chi connectivity index (χ2n) is 12.9. The molecule has 2 aliphatic carbocycles. The van der Waals surface area contributed by atoms with Gasteiger partial charge in [-0.1, -0.05) is 44.4 Å². The molecule has 46 heavy (non-hydrogen) atoms. The number of amides is 1. The average Bonchev–Trinajstić information content (AvgIpc) is 3.86. The second-order valence-corrected chi connectivity index (χ2v) is 13.9. The van der Waals surface area contributed by atoms with E-state index in [1.54, 1.807) is 19.4 Å². The average molecular weight is 651 g/mol. The molecule has 3 fully saturated rings. The van der Waals surface area contributed by atoms with Gasteiger partial charge in [0.1, 0.15) is 29.5 Å². The maximum atomic E-state index is 11.2. The van der Waals surface area contributed by atoms with E-state index in [0.717, 1.165) is 53.1 Å². The van der Waals surface area contributed by atoms with E-state index >= 15 is 0 Å². The molecule has 0 radical (unpaired) electrons. The molecule has 250 valence electrons. The van der Waals surface area contributed by atoms with Crippen LogP contribution >= 0.6 is 11.3 Å². The minimum atomic E-state index is -0.156. The summed E-state index contributed by atoms with van der Waals surface area (Å²) >= 11 is 1.39. The number of aromatic amines is 1. The SMILES string of the molecule is CC1CCC(N2CCCC2)CC1.CCC(=O)C1CCCCC1.COc1ccc(-c2n[nH]c3c2OCc2nc(NC(C)=O)sc2-3)cn1. The van der Waals surface area contributed by atoms with E-state index in [-0.39, 0.29) is 5.91 Å². The van der Waals surface area contributed by atoms with E-state index in [4.69, 9.17) is 9.47 Å². The van der Waals surface area contributed by atoms with Crippen LogP contribution in [0.15, 0.2) is 18.3 Å². The fourth-order valence-corrected chi connectivity index (χ4v) is 7.89. The molecule has 2 N–H and O–H groups in total. The first-order chi connectivity index (χ1) is 22.4. The van der Waals surface area contributed by atoms with Crippen LogP contribution in [-0.4, -0.2) is 63.0 Å². The molecule has 5 heterocycles. The van der Waals surface area contributed by atoms with Gasteiger partial charge < -0.3 is 19.7 Å². The molecule has 2 aliphatic heterocycles. The van der Waals surface area contributed by atoms with Crippen molar-refractivity contribution in [1.29, 1.82) is 0 Å². The molecule has 10 nitrogen and oxygen atoms in total. The number of ketones is 1. The minimum Gasteiger partial charge on any atom is -0.483 e. The molecular weight excluding hydrogens is 600 g/mol. The third kappa shape index (κ3) is 8.73. The van der Waals surface area contributed by atoms with Crippen molar-refractivity contribution < 1.29 is 19.1 Å². The summed E-state index contributed by atoms with van der Waals surface area (Å²) in [6.07, 6.45) is 17.4. The molecule has 4 aliphatic rings. The van der Waals surface area contributed by atoms with Gasteiger partial charge in [-0.2, -0.15) is 5.10 Å². The predicted molar refractivity (Wildman–Crippen MR) is 182 cm³/mol. The summed E-state index contributed by atoms with van der Waals surface area (Å²) in [5.74, 6) is 2.96. The Morgan fingerprint density at radius 2 is 1.80 bits per heavy atom. The first-order valence-electron chi connectivity index (χ1n) is 17.1. The van der Waals surface area contributed by atoms with Crippen LogP contribution in [0.2, 0.25) is 0 Å². The van der Waals surface area contributed by atoms with Gasteiger partial charge in [-0.05, 0) is 76.4 Å². The summed E-state index contributed by atoms with van der Waals surface area (Å²) in [7, 11) is 1.57. The van der Waals surface area contributed by atoms with Crippen molar-refractivity contribution in [1.82, 2.24) is 25.1 Å². The predicted octanol–water partition coefficient (Wildman–Crippen LogP) is 7.66. The number of H-pyrrole nitrogens is 1. The molecule has 0 unspecified atom stereocenters. The topological polar surface area (TPSA) is 122 Å². The van der Waals surface area contributed by atoms with Crippen molar-refractivity contribution in [2.75, 3.05) is 25.5 Å². The molecule has 0 aromatic carbocycles. The van der Waals surface area contributed by atoms with Gasteiger partial charge >= 0.3 is 0 Å². The summed E-state index contributed by atoms with van der Waals surface area (Å²) in [4.78, 5) is 34.6. The summed E-state index contributed by atoms with van der Waals surface area (Å²) in [5, 5.41) is 10.6. The van der Waals surface area contributed by atoms with Gasteiger partial charge in [0.2, 0.25) is 11.8 Å². The maximum absolute atomic E-state index is 11.2. The Kier molecular flexibility index (Phi) is 12.2. The van der Waals surface area contributed by atoms with Crippen LogP contribution in [0.5, 0.6) is 11.6 Å². The van der Waals surface area contributed by atoms with Crippen molar-refractivity contribution in [3.63, 3.8) is 0 Å². The number of aromatic nitrogens is 4. The minimum absolute atomic E-state index is 0.156. The highest BCUT2D eigenvalue weighted by molar-refractivity contribution is 7.19. The fourth-order valence-electron chi connectivity index (χ4n) is 6.88. The van der Waals surface area contributed by atoms with Gasteiger partial charge in [-0.25, -0.2) is 9.97 Å².